The Bertz CT molecular complexity index is 1390. The van der Waals surface area contributed by atoms with Crippen LogP contribution in [-0.4, -0.2) is 37.8 Å². The number of aryl methyl sites for hydroxylation is 1. The van der Waals surface area contributed by atoms with Gasteiger partial charge in [-0.2, -0.15) is 0 Å². The predicted octanol–water partition coefficient (Wildman–Crippen LogP) is 6.83. The van der Waals surface area contributed by atoms with Gasteiger partial charge in [-0.05, 0) is 42.8 Å². The Morgan fingerprint density at radius 2 is 1.54 bits per heavy atom. The van der Waals surface area contributed by atoms with Crippen molar-refractivity contribution in [3.63, 3.8) is 0 Å². The number of carboxylic acid groups (broad SMARTS) is 1. The summed E-state index contributed by atoms with van der Waals surface area (Å²) in [5.74, 6) is -1.79. The molecule has 3 aromatic carbocycles. The minimum Gasteiger partial charge on any atom is -0.571 e. The van der Waals surface area contributed by atoms with Gasteiger partial charge in [-0.15, -0.1) is 23.2 Å². The topological polar surface area (TPSA) is 225 Å². The molecule has 41 heavy (non-hydrogen) atoms. The first-order valence-electron chi connectivity index (χ1n) is 10.3. The number of hydrogen-bond acceptors (Lipinski definition) is 16. The fraction of sp³-hybridized carbons (Fsp3) is 0.0476. The van der Waals surface area contributed by atoms with E-state index < -0.39 is 11.5 Å². The zero-order valence-electron chi connectivity index (χ0n) is 20.1. The van der Waals surface area contributed by atoms with E-state index in [1.54, 1.807) is 37.3 Å². The Morgan fingerprint density at radius 1 is 0.878 bits per heavy atom. The molecule has 0 unspecified atom stereocenters. The number of amidine groups is 1. The van der Waals surface area contributed by atoms with E-state index in [0.29, 0.717) is 41.0 Å². The van der Waals surface area contributed by atoms with E-state index in [0.717, 1.165) is 5.56 Å². The molecular formula is C21H17CuN4O12S3. The second-order valence-electron chi connectivity index (χ2n) is 7.01. The third-order valence-corrected chi connectivity index (χ3v) is 6.35. The summed E-state index contributed by atoms with van der Waals surface area (Å²) in [6, 6.07) is 13.6. The molecule has 3 rings (SSSR count). The number of phenols is 1. The van der Waals surface area contributed by atoms with Gasteiger partial charge in [-0.3, -0.25) is 0 Å². The SMILES string of the molecule is Cc1ccc([N-]N=C(N=Nc2cc(SOOO)cc(SOOO)c2C(=O)O)c2ccccc2SOOO)c(O)c1.[Cu+]. The summed E-state index contributed by atoms with van der Waals surface area (Å²) in [5, 5.41) is 68.6. The number of phenolic OH excluding ortho intramolecular Hbond substituents is 1. The molecule has 3 aromatic rings. The smallest absolute Gasteiger partial charge is 0.571 e. The van der Waals surface area contributed by atoms with Gasteiger partial charge in [0.1, 0.15) is 17.0 Å². The molecule has 20 heteroatoms. The number of azo groups is 1. The van der Waals surface area contributed by atoms with Crippen LogP contribution >= 0.6 is 36.1 Å². The van der Waals surface area contributed by atoms with Crippen LogP contribution in [0.5, 0.6) is 5.75 Å². The maximum atomic E-state index is 12.1. The molecule has 0 aliphatic heterocycles. The van der Waals surface area contributed by atoms with Crippen molar-refractivity contribution in [2.24, 2.45) is 15.3 Å². The van der Waals surface area contributed by atoms with Crippen LogP contribution in [0.1, 0.15) is 21.5 Å². The van der Waals surface area contributed by atoms with Crippen LogP contribution in [0.2, 0.25) is 0 Å². The maximum absolute atomic E-state index is 12.1. The van der Waals surface area contributed by atoms with Crippen LogP contribution in [0.25, 0.3) is 5.43 Å². The van der Waals surface area contributed by atoms with E-state index in [1.807, 2.05) is 0 Å². The fourth-order valence-electron chi connectivity index (χ4n) is 2.91. The second-order valence-corrected chi connectivity index (χ2v) is 9.27. The number of rotatable bonds is 14. The molecule has 0 saturated heterocycles. The molecule has 16 nitrogen and oxygen atoms in total. The van der Waals surface area contributed by atoms with Gasteiger partial charge in [0, 0.05) is 15.4 Å². The summed E-state index contributed by atoms with van der Waals surface area (Å²) in [6.07, 6.45) is 0. The van der Waals surface area contributed by atoms with Gasteiger partial charge in [0.25, 0.3) is 0 Å². The Balaban J connectivity index is 0.00000588. The fourth-order valence-corrected chi connectivity index (χ4v) is 4.46. The third-order valence-electron chi connectivity index (χ3n) is 4.50. The van der Waals surface area contributed by atoms with Gasteiger partial charge in [0.15, 0.2) is 5.84 Å². The number of nitrogens with zero attached hydrogens (tertiary/aromatic N) is 4. The van der Waals surface area contributed by atoms with Crippen LogP contribution < -0.4 is 0 Å². The number of aromatic carboxylic acids is 1. The Morgan fingerprint density at radius 3 is 2.20 bits per heavy atom. The van der Waals surface area contributed by atoms with Crippen molar-refractivity contribution in [1.29, 1.82) is 0 Å². The van der Waals surface area contributed by atoms with E-state index >= 15 is 0 Å². The van der Waals surface area contributed by atoms with Gasteiger partial charge in [0.05, 0.1) is 41.0 Å². The first-order valence-corrected chi connectivity index (χ1v) is 12.6. The van der Waals surface area contributed by atoms with Crippen LogP contribution in [0.3, 0.4) is 0 Å². The van der Waals surface area contributed by atoms with Crippen molar-refractivity contribution >= 4 is 59.3 Å². The first kappa shape index (κ1) is 34.4. The maximum Gasteiger partial charge on any atom is 1.00 e. The molecule has 0 spiro atoms. The number of carboxylic acids is 1. The Labute approximate surface area is 253 Å². The summed E-state index contributed by atoms with van der Waals surface area (Å²) in [7, 11) is 0. The summed E-state index contributed by atoms with van der Waals surface area (Å²) >= 11 is 1.41. The molecule has 0 heterocycles. The van der Waals surface area contributed by atoms with E-state index in [4.69, 9.17) is 15.8 Å². The number of carbonyl (C=O) groups is 1. The van der Waals surface area contributed by atoms with E-state index in [1.165, 1.54) is 24.3 Å². The largest absolute Gasteiger partial charge is 1.00 e. The summed E-state index contributed by atoms with van der Waals surface area (Å²) in [6.45, 7) is 1.78. The van der Waals surface area contributed by atoms with E-state index in [9.17, 15) is 15.0 Å². The average molecular weight is 677 g/mol. The molecule has 0 saturated carbocycles. The molecule has 0 bridgehead atoms. The Kier molecular flexibility index (Phi) is 15.0. The molecule has 222 valence electrons. The van der Waals surface area contributed by atoms with Crippen LogP contribution in [0.4, 0.5) is 11.4 Å². The molecule has 0 aliphatic carbocycles. The van der Waals surface area contributed by atoms with Crippen LogP contribution in [0, 0.1) is 6.92 Å². The van der Waals surface area contributed by atoms with E-state index in [2.05, 4.69) is 48.9 Å². The number of hydrogen-bond donors (Lipinski definition) is 5. The summed E-state index contributed by atoms with van der Waals surface area (Å²) < 4.78 is 13.3. The van der Waals surface area contributed by atoms with E-state index in [-0.39, 0.29) is 55.4 Å². The number of benzene rings is 3. The van der Waals surface area contributed by atoms with Crippen LogP contribution in [0.15, 0.2) is 84.6 Å². The van der Waals surface area contributed by atoms with Gasteiger partial charge in [-0.1, -0.05) is 45.1 Å². The molecule has 0 atom stereocenters. The summed E-state index contributed by atoms with van der Waals surface area (Å²) in [4.78, 5) is 12.5. The van der Waals surface area contributed by atoms with Crippen molar-refractivity contribution in [2.45, 2.75) is 21.6 Å². The minimum absolute atomic E-state index is 0. The van der Waals surface area contributed by atoms with Crippen molar-refractivity contribution in [3.8, 4) is 5.75 Å². The van der Waals surface area contributed by atoms with Gasteiger partial charge >= 0.3 is 23.0 Å². The van der Waals surface area contributed by atoms with Crippen LogP contribution in [-0.2, 0) is 45.2 Å². The second kappa shape index (κ2) is 17.9. The Hall–Kier alpha value is -2.79. The van der Waals surface area contributed by atoms with Gasteiger partial charge < -0.3 is 20.7 Å². The molecule has 0 fully saturated rings. The monoisotopic (exact) mass is 676 g/mol. The normalized spacial score (nSPS) is 11.5. The first-order chi connectivity index (χ1) is 19.4. The van der Waals surface area contributed by atoms with Crippen molar-refractivity contribution < 1.29 is 76.0 Å². The molecular weight excluding hydrogens is 660 g/mol. The molecule has 0 aliphatic rings. The zero-order chi connectivity index (χ0) is 28.9. The zero-order valence-corrected chi connectivity index (χ0v) is 23.5. The molecule has 0 radical (unpaired) electrons. The predicted molar refractivity (Wildman–Crippen MR) is 139 cm³/mol. The minimum atomic E-state index is -1.45. The standard InChI is InChI=1S/C21H18N4O12S3.Cu/c1-11-6-7-14(16(26)8-11)22-24-20(13-4-2-3-5-17(13)39-36-33-30)25-23-15-9-12(38-35-32-29)10-18(40-37-34-31)19(15)21(27)28;/h2-10H,1H3,(H6,22,23,24,25,26,27,28,29,30,31);/q;+1/p-1. The molecule has 0 amide bonds. The van der Waals surface area contributed by atoms with Crippen molar-refractivity contribution in [3.05, 3.63) is 76.7 Å². The molecule has 0 aromatic heterocycles. The molecule has 5 N–H and O–H groups in total. The van der Waals surface area contributed by atoms with Gasteiger partial charge in [0.2, 0.25) is 0 Å². The average Bonchev–Trinajstić information content (AvgIpc) is 2.94. The van der Waals surface area contributed by atoms with Crippen molar-refractivity contribution in [2.75, 3.05) is 0 Å². The summed E-state index contributed by atoms with van der Waals surface area (Å²) in [5.41, 5.74) is 4.49. The third kappa shape index (κ3) is 10.2. The van der Waals surface area contributed by atoms with Gasteiger partial charge in [-0.25, -0.2) is 20.6 Å². The quantitative estimate of drug-likeness (QED) is 0.0224. The number of aromatic hydroxyl groups is 1. The van der Waals surface area contributed by atoms with Crippen molar-refractivity contribution in [1.82, 2.24) is 0 Å².